The van der Waals surface area contributed by atoms with Gasteiger partial charge in [-0.2, -0.15) is 0 Å². The minimum atomic E-state index is 0.336. The van der Waals surface area contributed by atoms with Crippen LogP contribution in [-0.4, -0.2) is 46.7 Å². The third kappa shape index (κ3) is 6.53. The van der Waals surface area contributed by atoms with Gasteiger partial charge in [0.2, 0.25) is 0 Å². The molecule has 1 aliphatic carbocycles. The van der Waals surface area contributed by atoms with E-state index in [1.165, 1.54) is 32.1 Å². The Labute approximate surface area is 124 Å². The molecule has 1 rings (SSSR count). The molecule has 0 aliphatic heterocycles. The molecule has 0 aromatic rings. The largest absolute Gasteiger partial charge is 0.382 e. The predicted octanol–water partition coefficient (Wildman–Crippen LogP) is 2.60. The highest BCUT2D eigenvalue weighted by Crippen LogP contribution is 2.41. The molecule has 4 heteroatoms. The quantitative estimate of drug-likeness (QED) is 0.594. The van der Waals surface area contributed by atoms with Gasteiger partial charge in [-0.15, -0.1) is 0 Å². The van der Waals surface area contributed by atoms with Crippen LogP contribution in [0, 0.1) is 11.3 Å². The molecule has 0 heterocycles. The van der Waals surface area contributed by atoms with E-state index in [0.29, 0.717) is 31.8 Å². The number of rotatable bonds is 11. The summed E-state index contributed by atoms with van der Waals surface area (Å²) in [5.41, 5.74) is 6.36. The van der Waals surface area contributed by atoms with Crippen molar-refractivity contribution >= 4 is 0 Å². The molecule has 0 amide bonds. The molecule has 0 aromatic carbocycles. The van der Waals surface area contributed by atoms with E-state index in [1.807, 2.05) is 0 Å². The molecule has 2 N–H and O–H groups in total. The zero-order valence-corrected chi connectivity index (χ0v) is 13.4. The summed E-state index contributed by atoms with van der Waals surface area (Å²) < 4.78 is 16.0. The molecule has 0 spiro atoms. The van der Waals surface area contributed by atoms with Crippen LogP contribution >= 0.6 is 0 Å². The fraction of sp³-hybridized carbons (Fsp3) is 1.00. The maximum atomic E-state index is 6.03. The smallest absolute Gasteiger partial charge is 0.0701 e. The van der Waals surface area contributed by atoms with Crippen LogP contribution in [0.1, 0.15) is 45.4 Å². The van der Waals surface area contributed by atoms with Crippen molar-refractivity contribution in [1.29, 1.82) is 0 Å². The van der Waals surface area contributed by atoms with Crippen LogP contribution < -0.4 is 5.73 Å². The molecular weight excluding hydrogens is 254 g/mol. The molecular formula is C16H33NO3. The lowest BCUT2D eigenvalue weighted by molar-refractivity contribution is 0.0116. The van der Waals surface area contributed by atoms with Gasteiger partial charge < -0.3 is 19.9 Å². The summed E-state index contributed by atoms with van der Waals surface area (Å²) in [5, 5.41) is 0. The van der Waals surface area contributed by atoms with Crippen molar-refractivity contribution in [2.24, 2.45) is 17.1 Å². The molecule has 0 saturated heterocycles. The first kappa shape index (κ1) is 17.9. The van der Waals surface area contributed by atoms with Crippen LogP contribution in [0.2, 0.25) is 0 Å². The van der Waals surface area contributed by atoms with Crippen molar-refractivity contribution in [2.45, 2.75) is 45.4 Å². The maximum Gasteiger partial charge on any atom is 0.0701 e. The Morgan fingerprint density at radius 2 is 1.60 bits per heavy atom. The van der Waals surface area contributed by atoms with Gasteiger partial charge in [0.15, 0.2) is 0 Å². The van der Waals surface area contributed by atoms with Gasteiger partial charge in [0.1, 0.15) is 0 Å². The van der Waals surface area contributed by atoms with E-state index in [9.17, 15) is 0 Å². The number of ether oxygens (including phenoxy) is 3. The summed E-state index contributed by atoms with van der Waals surface area (Å²) in [7, 11) is 1.68. The monoisotopic (exact) mass is 287 g/mol. The highest BCUT2D eigenvalue weighted by Gasteiger charge is 2.33. The van der Waals surface area contributed by atoms with Crippen molar-refractivity contribution in [1.82, 2.24) is 0 Å². The SMILES string of the molecule is CCC1CCC(CN)(CCOCCOCCOC)CC1. The fourth-order valence-electron chi connectivity index (χ4n) is 3.01. The Kier molecular flexibility index (Phi) is 9.44. The third-order valence-corrected chi connectivity index (χ3v) is 4.76. The van der Waals surface area contributed by atoms with Gasteiger partial charge in [-0.3, -0.25) is 0 Å². The van der Waals surface area contributed by atoms with Crippen LogP contribution in [0.3, 0.4) is 0 Å². The van der Waals surface area contributed by atoms with Gasteiger partial charge >= 0.3 is 0 Å². The molecule has 0 radical (unpaired) electrons. The molecule has 0 bridgehead atoms. The highest BCUT2D eigenvalue weighted by molar-refractivity contribution is 4.86. The van der Waals surface area contributed by atoms with E-state index >= 15 is 0 Å². The van der Waals surface area contributed by atoms with Crippen molar-refractivity contribution in [3.63, 3.8) is 0 Å². The van der Waals surface area contributed by atoms with E-state index < -0.39 is 0 Å². The van der Waals surface area contributed by atoms with Crippen molar-refractivity contribution in [3.05, 3.63) is 0 Å². The summed E-state index contributed by atoms with van der Waals surface area (Å²) in [6, 6.07) is 0. The summed E-state index contributed by atoms with van der Waals surface area (Å²) in [6.45, 7) is 6.52. The van der Waals surface area contributed by atoms with E-state index in [2.05, 4.69) is 6.92 Å². The first-order valence-electron chi connectivity index (χ1n) is 8.11. The molecule has 1 saturated carbocycles. The Bertz CT molecular complexity index is 228. The Hall–Kier alpha value is -0.160. The van der Waals surface area contributed by atoms with Gasteiger partial charge in [0, 0.05) is 13.7 Å². The molecule has 1 fully saturated rings. The second-order valence-corrected chi connectivity index (χ2v) is 6.02. The van der Waals surface area contributed by atoms with Gasteiger partial charge in [-0.1, -0.05) is 13.3 Å². The topological polar surface area (TPSA) is 53.7 Å². The van der Waals surface area contributed by atoms with Crippen molar-refractivity contribution in [3.8, 4) is 0 Å². The number of nitrogens with two attached hydrogens (primary N) is 1. The van der Waals surface area contributed by atoms with E-state index in [0.717, 1.165) is 25.5 Å². The van der Waals surface area contributed by atoms with Crippen LogP contribution in [-0.2, 0) is 14.2 Å². The zero-order valence-electron chi connectivity index (χ0n) is 13.4. The number of methoxy groups -OCH3 is 1. The second-order valence-electron chi connectivity index (χ2n) is 6.02. The second kappa shape index (κ2) is 10.6. The molecule has 0 unspecified atom stereocenters. The summed E-state index contributed by atoms with van der Waals surface area (Å²) in [4.78, 5) is 0. The normalized spacial score (nSPS) is 26.9. The minimum Gasteiger partial charge on any atom is -0.382 e. The van der Waals surface area contributed by atoms with Gasteiger partial charge in [0.25, 0.3) is 0 Å². The minimum absolute atomic E-state index is 0.336. The third-order valence-electron chi connectivity index (χ3n) is 4.76. The fourth-order valence-corrected chi connectivity index (χ4v) is 3.01. The predicted molar refractivity (Wildman–Crippen MR) is 81.9 cm³/mol. The summed E-state index contributed by atoms with van der Waals surface area (Å²) in [5.74, 6) is 0.921. The first-order valence-corrected chi connectivity index (χ1v) is 8.11. The maximum absolute atomic E-state index is 6.03. The Morgan fingerprint density at radius 1 is 1.00 bits per heavy atom. The Morgan fingerprint density at radius 3 is 2.15 bits per heavy atom. The van der Waals surface area contributed by atoms with Crippen molar-refractivity contribution in [2.75, 3.05) is 46.7 Å². The van der Waals surface area contributed by atoms with Gasteiger partial charge in [-0.05, 0) is 50.0 Å². The van der Waals surface area contributed by atoms with Crippen LogP contribution in [0.5, 0.6) is 0 Å². The lowest BCUT2D eigenvalue weighted by Gasteiger charge is -2.39. The number of hydrogen-bond donors (Lipinski definition) is 1. The van der Waals surface area contributed by atoms with E-state index in [-0.39, 0.29) is 0 Å². The van der Waals surface area contributed by atoms with E-state index in [4.69, 9.17) is 19.9 Å². The molecule has 1 aliphatic rings. The van der Waals surface area contributed by atoms with E-state index in [1.54, 1.807) is 7.11 Å². The highest BCUT2D eigenvalue weighted by atomic mass is 16.5. The molecule has 120 valence electrons. The standard InChI is InChI=1S/C16H33NO3/c1-3-15-4-6-16(14-17,7-5-15)8-9-19-12-13-20-11-10-18-2/h15H,3-14,17H2,1-2H3. The zero-order chi connectivity index (χ0) is 14.7. The molecule has 0 aromatic heterocycles. The summed E-state index contributed by atoms with van der Waals surface area (Å²) >= 11 is 0. The van der Waals surface area contributed by atoms with Crippen LogP contribution in [0.4, 0.5) is 0 Å². The van der Waals surface area contributed by atoms with Crippen LogP contribution in [0.15, 0.2) is 0 Å². The Balaban J connectivity index is 2.07. The lowest BCUT2D eigenvalue weighted by atomic mass is 9.68. The average Bonchev–Trinajstić information content (AvgIpc) is 2.50. The van der Waals surface area contributed by atoms with Gasteiger partial charge in [0.05, 0.1) is 26.4 Å². The van der Waals surface area contributed by atoms with Crippen LogP contribution in [0.25, 0.3) is 0 Å². The average molecular weight is 287 g/mol. The van der Waals surface area contributed by atoms with Gasteiger partial charge in [-0.25, -0.2) is 0 Å². The molecule has 0 atom stereocenters. The molecule has 20 heavy (non-hydrogen) atoms. The van der Waals surface area contributed by atoms with Crippen molar-refractivity contribution < 1.29 is 14.2 Å². The lowest BCUT2D eigenvalue weighted by Crippen LogP contribution is -2.36. The number of hydrogen-bond acceptors (Lipinski definition) is 4. The summed E-state index contributed by atoms with van der Waals surface area (Å²) in [6.07, 6.45) is 7.64. The first-order chi connectivity index (χ1) is 9.76. The molecule has 4 nitrogen and oxygen atoms in total.